The minimum Gasteiger partial charge on any atom is -0.494 e. The second-order valence-electron chi connectivity index (χ2n) is 15.2. The van der Waals surface area contributed by atoms with Gasteiger partial charge in [0.05, 0.1) is 58.9 Å². The molecule has 6 rings (SSSR count). The third-order valence-corrected chi connectivity index (χ3v) is 9.70. The Hall–Kier alpha value is -3.99. The summed E-state index contributed by atoms with van der Waals surface area (Å²) in [6.45, 7) is 11.3. The zero-order valence-electron chi connectivity index (χ0n) is 32.2. The van der Waals surface area contributed by atoms with Crippen molar-refractivity contribution in [2.24, 2.45) is 0 Å². The maximum atomic E-state index is 13.1. The lowest BCUT2D eigenvalue weighted by Crippen LogP contribution is -2.48. The van der Waals surface area contributed by atoms with E-state index in [1.54, 1.807) is 4.90 Å². The summed E-state index contributed by atoms with van der Waals surface area (Å²) < 4.78 is 41.6. The van der Waals surface area contributed by atoms with Crippen LogP contribution >= 0.6 is 0 Å². The molecule has 1 amide bonds. The van der Waals surface area contributed by atoms with Crippen molar-refractivity contribution in [2.75, 3.05) is 46.1 Å². The van der Waals surface area contributed by atoms with Gasteiger partial charge >= 0.3 is 6.09 Å². The standard InChI is InChI=1S/C45H57NO8/c1-45(2,3)54-44(47)46-22-21-41(38-17-19-40(20-18-38)50-25-9-23-48-31-34-10-5-4-6-11-34)42(30-46)53-33-36-14-16-37-15-13-35(28-39(37)29-36)32-49-26-27-52-43-12-7-8-24-51-43/h4-6,10-11,13-20,28-29,41-43H,7-9,12,21-27,30-33H2,1-3H3. The Morgan fingerprint density at radius 1 is 0.741 bits per heavy atom. The molecule has 0 radical (unpaired) electrons. The van der Waals surface area contributed by atoms with Crippen LogP contribution in [0.2, 0.25) is 0 Å². The first kappa shape index (κ1) is 39.7. The Morgan fingerprint density at radius 2 is 1.48 bits per heavy atom. The van der Waals surface area contributed by atoms with Gasteiger partial charge in [-0.15, -0.1) is 0 Å². The molecule has 2 aliphatic rings. The zero-order chi connectivity index (χ0) is 37.6. The van der Waals surface area contributed by atoms with Crippen LogP contribution in [0.4, 0.5) is 4.79 Å². The molecule has 2 saturated heterocycles. The third-order valence-electron chi connectivity index (χ3n) is 9.70. The molecule has 9 heteroatoms. The van der Waals surface area contributed by atoms with Crippen LogP contribution in [0.15, 0.2) is 91.0 Å². The first-order chi connectivity index (χ1) is 26.3. The molecule has 290 valence electrons. The number of amides is 1. The van der Waals surface area contributed by atoms with Gasteiger partial charge in [-0.2, -0.15) is 0 Å². The highest BCUT2D eigenvalue weighted by Crippen LogP contribution is 2.33. The molecule has 9 nitrogen and oxygen atoms in total. The van der Waals surface area contributed by atoms with Gasteiger partial charge in [-0.3, -0.25) is 0 Å². The van der Waals surface area contributed by atoms with Gasteiger partial charge in [-0.25, -0.2) is 4.79 Å². The lowest BCUT2D eigenvalue weighted by molar-refractivity contribution is -0.169. The molecule has 0 saturated carbocycles. The number of benzene rings is 4. The van der Waals surface area contributed by atoms with Crippen molar-refractivity contribution >= 4 is 16.9 Å². The molecule has 3 unspecified atom stereocenters. The van der Waals surface area contributed by atoms with E-state index in [4.69, 9.17) is 33.2 Å². The Morgan fingerprint density at radius 3 is 2.22 bits per heavy atom. The fourth-order valence-corrected chi connectivity index (χ4v) is 6.89. The summed E-state index contributed by atoms with van der Waals surface area (Å²) in [7, 11) is 0. The van der Waals surface area contributed by atoms with Crippen LogP contribution in [0.25, 0.3) is 10.8 Å². The molecule has 2 aliphatic heterocycles. The van der Waals surface area contributed by atoms with Crippen molar-refractivity contribution in [1.82, 2.24) is 4.90 Å². The van der Waals surface area contributed by atoms with Crippen molar-refractivity contribution < 1.29 is 38.0 Å². The summed E-state index contributed by atoms with van der Waals surface area (Å²) in [6, 6.07) is 31.4. The third kappa shape index (κ3) is 12.5. The Kier molecular flexibility index (Phi) is 14.8. The molecule has 0 bridgehead atoms. The Bertz CT molecular complexity index is 1720. The van der Waals surface area contributed by atoms with E-state index in [-0.39, 0.29) is 24.4 Å². The second kappa shape index (κ2) is 20.1. The maximum absolute atomic E-state index is 13.1. The van der Waals surface area contributed by atoms with E-state index in [9.17, 15) is 4.79 Å². The first-order valence-electron chi connectivity index (χ1n) is 19.6. The summed E-state index contributed by atoms with van der Waals surface area (Å²) >= 11 is 0. The molecule has 0 N–H and O–H groups in total. The number of ether oxygens (including phenoxy) is 7. The molecule has 4 aromatic carbocycles. The number of piperidine rings is 1. The molecule has 0 aromatic heterocycles. The predicted octanol–water partition coefficient (Wildman–Crippen LogP) is 9.20. The van der Waals surface area contributed by atoms with Crippen LogP contribution in [0.3, 0.4) is 0 Å². The molecular weight excluding hydrogens is 682 g/mol. The number of hydrogen-bond donors (Lipinski definition) is 0. The van der Waals surface area contributed by atoms with Gasteiger partial charge in [0.25, 0.3) is 0 Å². The fraction of sp³-hybridized carbons (Fsp3) is 0.489. The van der Waals surface area contributed by atoms with E-state index >= 15 is 0 Å². The van der Waals surface area contributed by atoms with E-state index in [2.05, 4.69) is 60.7 Å². The average Bonchev–Trinajstić information content (AvgIpc) is 3.18. The summed E-state index contributed by atoms with van der Waals surface area (Å²) in [5, 5.41) is 2.30. The maximum Gasteiger partial charge on any atom is 0.410 e. The minimum atomic E-state index is -0.569. The monoisotopic (exact) mass is 739 g/mol. The van der Waals surface area contributed by atoms with Crippen molar-refractivity contribution in [2.45, 2.75) is 96.6 Å². The van der Waals surface area contributed by atoms with Crippen LogP contribution in [-0.2, 0) is 48.2 Å². The van der Waals surface area contributed by atoms with Gasteiger partial charge in [-0.1, -0.05) is 66.7 Å². The lowest BCUT2D eigenvalue weighted by Gasteiger charge is -2.39. The fourth-order valence-electron chi connectivity index (χ4n) is 6.89. The molecule has 54 heavy (non-hydrogen) atoms. The molecular formula is C45H57NO8. The molecule has 2 heterocycles. The predicted molar refractivity (Wildman–Crippen MR) is 210 cm³/mol. The zero-order valence-corrected chi connectivity index (χ0v) is 32.2. The largest absolute Gasteiger partial charge is 0.494 e. The van der Waals surface area contributed by atoms with E-state index in [0.717, 1.165) is 66.4 Å². The quantitative estimate of drug-likeness (QED) is 0.0992. The summed E-state index contributed by atoms with van der Waals surface area (Å²) in [5.41, 5.74) is 3.96. The van der Waals surface area contributed by atoms with Crippen molar-refractivity contribution in [3.63, 3.8) is 0 Å². The Balaban J connectivity index is 1.03. The molecule has 4 aromatic rings. The minimum absolute atomic E-state index is 0.0971. The van der Waals surface area contributed by atoms with Gasteiger partial charge in [0, 0.05) is 25.5 Å². The smallest absolute Gasteiger partial charge is 0.410 e. The highest BCUT2D eigenvalue weighted by Gasteiger charge is 2.35. The topological polar surface area (TPSA) is 84.9 Å². The average molecular weight is 740 g/mol. The molecule has 0 aliphatic carbocycles. The van der Waals surface area contributed by atoms with Crippen molar-refractivity contribution in [3.05, 3.63) is 113 Å². The van der Waals surface area contributed by atoms with E-state index in [1.165, 1.54) is 11.1 Å². The van der Waals surface area contributed by atoms with Gasteiger partial charge in [0.1, 0.15) is 11.4 Å². The summed E-state index contributed by atoms with van der Waals surface area (Å²) in [5.74, 6) is 0.941. The summed E-state index contributed by atoms with van der Waals surface area (Å²) in [4.78, 5) is 14.9. The van der Waals surface area contributed by atoms with Crippen LogP contribution in [0, 0.1) is 0 Å². The van der Waals surface area contributed by atoms with Crippen molar-refractivity contribution in [3.8, 4) is 5.75 Å². The van der Waals surface area contributed by atoms with Crippen LogP contribution in [0.1, 0.15) is 81.0 Å². The van der Waals surface area contributed by atoms with E-state index in [1.807, 2.05) is 51.1 Å². The highest BCUT2D eigenvalue weighted by molar-refractivity contribution is 5.83. The van der Waals surface area contributed by atoms with Crippen LogP contribution in [-0.4, -0.2) is 75.1 Å². The normalized spacial score (nSPS) is 19.2. The number of carbonyl (C=O) groups is 1. The SMILES string of the molecule is CC(C)(C)OC(=O)N1CCC(c2ccc(OCCCOCc3ccccc3)cc2)C(OCc2ccc3ccc(COCCOC4CCCCO4)cc3c2)C1. The molecule has 2 fully saturated rings. The first-order valence-corrected chi connectivity index (χ1v) is 19.6. The van der Waals surface area contributed by atoms with E-state index < -0.39 is 5.60 Å². The summed E-state index contributed by atoms with van der Waals surface area (Å²) in [6.07, 6.45) is 4.18. The number of rotatable bonds is 17. The number of nitrogens with zero attached hydrogens (tertiary/aromatic N) is 1. The second-order valence-corrected chi connectivity index (χ2v) is 15.2. The Labute approximate surface area is 320 Å². The van der Waals surface area contributed by atoms with Gasteiger partial charge in [0.2, 0.25) is 0 Å². The van der Waals surface area contributed by atoms with Crippen LogP contribution < -0.4 is 4.74 Å². The molecule has 3 atom stereocenters. The van der Waals surface area contributed by atoms with Gasteiger partial charge in [0.15, 0.2) is 6.29 Å². The van der Waals surface area contributed by atoms with Crippen LogP contribution in [0.5, 0.6) is 5.75 Å². The van der Waals surface area contributed by atoms with Gasteiger partial charge in [-0.05, 0) is 104 Å². The van der Waals surface area contributed by atoms with Gasteiger partial charge < -0.3 is 38.1 Å². The van der Waals surface area contributed by atoms with E-state index in [0.29, 0.717) is 59.3 Å². The number of carbonyl (C=O) groups excluding carboxylic acids is 1. The highest BCUT2D eigenvalue weighted by atomic mass is 16.7. The number of hydrogen-bond acceptors (Lipinski definition) is 8. The number of likely N-dealkylation sites (tertiary alicyclic amines) is 1. The van der Waals surface area contributed by atoms with Crippen molar-refractivity contribution in [1.29, 1.82) is 0 Å². The number of fused-ring (bicyclic) bond motifs is 1. The molecule has 0 spiro atoms. The lowest BCUT2D eigenvalue weighted by atomic mass is 9.87.